The molecule has 0 bridgehead atoms. The van der Waals surface area contributed by atoms with E-state index in [0.29, 0.717) is 18.8 Å². The molecule has 0 aliphatic heterocycles. The lowest BCUT2D eigenvalue weighted by Crippen LogP contribution is -2.65. The van der Waals surface area contributed by atoms with E-state index in [1.54, 1.807) is 0 Å². The third-order valence-corrected chi connectivity index (χ3v) is 4.16. The monoisotopic (exact) mass is 389 g/mol. The summed E-state index contributed by atoms with van der Waals surface area (Å²) in [5.41, 5.74) is 0. The van der Waals surface area contributed by atoms with Crippen LogP contribution in [0.1, 0.15) is 52.9 Å². The van der Waals surface area contributed by atoms with Crippen LogP contribution in [-0.4, -0.2) is 30.6 Å². The summed E-state index contributed by atoms with van der Waals surface area (Å²) in [7, 11) is 0. The molecule has 0 radical (unpaired) electrons. The molecule has 0 aliphatic carbocycles. The van der Waals surface area contributed by atoms with Gasteiger partial charge in [-0.15, -0.1) is 0 Å². The quantitative estimate of drug-likeness (QED) is 0.326. The Bertz CT molecular complexity index is 393. The van der Waals surface area contributed by atoms with Crippen molar-refractivity contribution in [2.75, 3.05) is 6.54 Å². The Balaban J connectivity index is 4.81. The Hall–Kier alpha value is -0.670. The fourth-order valence-electron chi connectivity index (χ4n) is 2.37. The minimum absolute atomic E-state index is 0.323. The SMILES string of the molecule is CCCC(CC)CCC(C)CNC(F)(F)C(F)(F)C(F)(F)C(F)(F)F. The number of rotatable bonds is 11. The molecule has 0 aromatic rings. The zero-order valence-electron chi connectivity index (χ0n) is 14.3. The van der Waals surface area contributed by atoms with E-state index < -0.39 is 36.5 Å². The van der Waals surface area contributed by atoms with Gasteiger partial charge in [-0.2, -0.15) is 39.5 Å². The van der Waals surface area contributed by atoms with E-state index in [1.807, 2.05) is 13.8 Å². The summed E-state index contributed by atoms with van der Waals surface area (Å²) in [6.45, 7) is 4.54. The lowest BCUT2D eigenvalue weighted by Gasteiger charge is -2.34. The van der Waals surface area contributed by atoms with E-state index in [0.717, 1.165) is 24.6 Å². The second-order valence-corrected chi connectivity index (χ2v) is 6.35. The molecule has 0 saturated heterocycles. The zero-order valence-corrected chi connectivity index (χ0v) is 14.3. The number of halogens is 9. The number of hydrogen-bond acceptors (Lipinski definition) is 1. The van der Waals surface area contributed by atoms with Crippen LogP contribution in [0, 0.1) is 11.8 Å². The zero-order chi connectivity index (χ0) is 20.1. The normalized spacial score (nSPS) is 16.8. The Labute approximate surface area is 141 Å². The Morgan fingerprint density at radius 2 is 1.28 bits per heavy atom. The third-order valence-electron chi connectivity index (χ3n) is 4.16. The van der Waals surface area contributed by atoms with Crippen LogP contribution in [0.5, 0.6) is 0 Å². The average molecular weight is 389 g/mol. The van der Waals surface area contributed by atoms with Crippen LogP contribution in [0.3, 0.4) is 0 Å². The van der Waals surface area contributed by atoms with Crippen molar-refractivity contribution in [3.63, 3.8) is 0 Å². The molecule has 2 atom stereocenters. The van der Waals surface area contributed by atoms with Crippen molar-refractivity contribution < 1.29 is 39.5 Å². The molecule has 25 heavy (non-hydrogen) atoms. The Morgan fingerprint density at radius 1 is 0.760 bits per heavy atom. The molecule has 0 heterocycles. The van der Waals surface area contributed by atoms with E-state index in [1.165, 1.54) is 6.92 Å². The van der Waals surface area contributed by atoms with Gasteiger partial charge in [0.1, 0.15) is 0 Å². The molecule has 152 valence electrons. The highest BCUT2D eigenvalue weighted by Gasteiger charge is 2.81. The van der Waals surface area contributed by atoms with Crippen LogP contribution < -0.4 is 5.32 Å². The van der Waals surface area contributed by atoms with Gasteiger partial charge in [0.05, 0.1) is 0 Å². The van der Waals surface area contributed by atoms with E-state index in [4.69, 9.17) is 0 Å². The molecule has 1 N–H and O–H groups in total. The van der Waals surface area contributed by atoms with Crippen LogP contribution >= 0.6 is 0 Å². The van der Waals surface area contributed by atoms with Crippen LogP contribution in [0.2, 0.25) is 0 Å². The van der Waals surface area contributed by atoms with E-state index in [-0.39, 0.29) is 0 Å². The van der Waals surface area contributed by atoms with Crippen molar-refractivity contribution >= 4 is 0 Å². The van der Waals surface area contributed by atoms with Crippen LogP contribution in [0.4, 0.5) is 39.5 Å². The standard InChI is InChI=1S/C15H24F9N/c1-4-6-11(5-2)8-7-10(3)9-25-15(23,24)13(18,19)12(16,17)14(20,21)22/h10-11,25H,4-9H2,1-3H3. The molecule has 0 aromatic heterocycles. The Morgan fingerprint density at radius 3 is 1.68 bits per heavy atom. The van der Waals surface area contributed by atoms with Gasteiger partial charge in [0.25, 0.3) is 0 Å². The average Bonchev–Trinajstić information content (AvgIpc) is 2.47. The van der Waals surface area contributed by atoms with Gasteiger partial charge in [0, 0.05) is 6.54 Å². The second-order valence-electron chi connectivity index (χ2n) is 6.35. The minimum Gasteiger partial charge on any atom is -0.252 e. The van der Waals surface area contributed by atoms with Crippen LogP contribution in [0.25, 0.3) is 0 Å². The topological polar surface area (TPSA) is 12.0 Å². The molecule has 0 aliphatic rings. The first kappa shape index (κ1) is 24.3. The lowest BCUT2D eigenvalue weighted by atomic mass is 9.91. The van der Waals surface area contributed by atoms with Gasteiger partial charge in [-0.1, -0.05) is 46.5 Å². The lowest BCUT2D eigenvalue weighted by molar-refractivity contribution is -0.400. The summed E-state index contributed by atoms with van der Waals surface area (Å²) in [6.07, 6.45) is -3.12. The van der Waals surface area contributed by atoms with E-state index in [2.05, 4.69) is 0 Å². The predicted octanol–water partition coefficient (Wildman–Crippen LogP) is 6.24. The van der Waals surface area contributed by atoms with Crippen molar-refractivity contribution in [3.05, 3.63) is 0 Å². The van der Waals surface area contributed by atoms with E-state index in [9.17, 15) is 39.5 Å². The van der Waals surface area contributed by atoms with Crippen LogP contribution in [0.15, 0.2) is 0 Å². The van der Waals surface area contributed by atoms with Crippen molar-refractivity contribution in [1.82, 2.24) is 5.32 Å². The second kappa shape index (κ2) is 8.81. The molecule has 0 spiro atoms. The number of nitrogens with one attached hydrogen (secondary N) is 1. The molecule has 2 unspecified atom stereocenters. The van der Waals surface area contributed by atoms with Crippen LogP contribution in [-0.2, 0) is 0 Å². The first-order valence-electron chi connectivity index (χ1n) is 8.09. The highest BCUT2D eigenvalue weighted by Crippen LogP contribution is 2.52. The smallest absolute Gasteiger partial charge is 0.252 e. The summed E-state index contributed by atoms with van der Waals surface area (Å²) in [5.74, 6) is -13.7. The maximum absolute atomic E-state index is 13.3. The maximum Gasteiger partial charge on any atom is 0.460 e. The van der Waals surface area contributed by atoms with Gasteiger partial charge in [-0.3, -0.25) is 5.32 Å². The first-order valence-corrected chi connectivity index (χ1v) is 8.09. The molecule has 0 rings (SSSR count). The molecule has 10 heteroatoms. The predicted molar refractivity (Wildman–Crippen MR) is 76.0 cm³/mol. The molecule has 0 aromatic carbocycles. The Kier molecular flexibility index (Phi) is 8.58. The van der Waals surface area contributed by atoms with Gasteiger partial charge < -0.3 is 0 Å². The van der Waals surface area contributed by atoms with Gasteiger partial charge >= 0.3 is 24.1 Å². The summed E-state index contributed by atoms with van der Waals surface area (Å²) in [4.78, 5) is 0. The molecule has 0 amide bonds. The van der Waals surface area contributed by atoms with Crippen molar-refractivity contribution in [2.24, 2.45) is 11.8 Å². The highest BCUT2D eigenvalue weighted by atomic mass is 19.4. The summed E-state index contributed by atoms with van der Waals surface area (Å²) in [6, 6.07) is -5.70. The maximum atomic E-state index is 13.3. The van der Waals surface area contributed by atoms with Gasteiger partial charge in [0.2, 0.25) is 0 Å². The fourth-order valence-corrected chi connectivity index (χ4v) is 2.37. The molecular formula is C15H24F9N. The third kappa shape index (κ3) is 5.92. The number of hydrogen-bond donors (Lipinski definition) is 1. The summed E-state index contributed by atoms with van der Waals surface area (Å²) in [5, 5.41) is 0.888. The molecule has 0 saturated carbocycles. The van der Waals surface area contributed by atoms with Crippen molar-refractivity contribution in [2.45, 2.75) is 76.9 Å². The van der Waals surface area contributed by atoms with Crippen molar-refractivity contribution in [3.8, 4) is 0 Å². The minimum atomic E-state index is -6.85. The van der Waals surface area contributed by atoms with Crippen molar-refractivity contribution in [1.29, 1.82) is 0 Å². The van der Waals surface area contributed by atoms with Gasteiger partial charge in [0.15, 0.2) is 0 Å². The van der Waals surface area contributed by atoms with E-state index >= 15 is 0 Å². The first-order chi connectivity index (χ1) is 11.1. The summed E-state index contributed by atoms with van der Waals surface area (Å²) < 4.78 is 114. The highest BCUT2D eigenvalue weighted by molar-refractivity contribution is 4.99. The summed E-state index contributed by atoms with van der Waals surface area (Å²) >= 11 is 0. The molecule has 1 nitrogen and oxygen atoms in total. The van der Waals surface area contributed by atoms with Gasteiger partial charge in [-0.05, 0) is 18.3 Å². The molecule has 0 fully saturated rings. The fraction of sp³-hybridized carbons (Fsp3) is 1.00. The number of alkyl halides is 9. The largest absolute Gasteiger partial charge is 0.460 e. The molecular weight excluding hydrogens is 365 g/mol. The van der Waals surface area contributed by atoms with Gasteiger partial charge in [-0.25, -0.2) is 0 Å².